The van der Waals surface area contributed by atoms with Gasteiger partial charge in [-0.2, -0.15) is 0 Å². The van der Waals surface area contributed by atoms with Crippen molar-refractivity contribution in [2.75, 3.05) is 0 Å². The maximum absolute atomic E-state index is 6.86. The van der Waals surface area contributed by atoms with Crippen LogP contribution >= 0.6 is 0 Å². The van der Waals surface area contributed by atoms with E-state index in [1.807, 2.05) is 0 Å². The molecule has 0 spiro atoms. The summed E-state index contributed by atoms with van der Waals surface area (Å²) in [6.07, 6.45) is 12.3. The number of hydrogen-bond acceptors (Lipinski definition) is 1. The number of nitrogens with two attached hydrogens (primary N) is 1. The minimum Gasteiger partial charge on any atom is -0.325 e. The first-order valence-electron chi connectivity index (χ1n) is 8.34. The summed E-state index contributed by atoms with van der Waals surface area (Å²) < 4.78 is 0. The normalized spacial score (nSPS) is 46.7. The van der Waals surface area contributed by atoms with Gasteiger partial charge in [0.25, 0.3) is 0 Å². The summed E-state index contributed by atoms with van der Waals surface area (Å²) >= 11 is 0. The van der Waals surface area contributed by atoms with Crippen LogP contribution < -0.4 is 5.73 Å². The van der Waals surface area contributed by atoms with Crippen LogP contribution in [0.15, 0.2) is 0 Å². The largest absolute Gasteiger partial charge is 0.325 e. The van der Waals surface area contributed by atoms with Crippen LogP contribution in [0.2, 0.25) is 0 Å². The minimum atomic E-state index is 0.179. The molecule has 0 aromatic carbocycles. The molecule has 0 aromatic heterocycles. The molecule has 0 amide bonds. The van der Waals surface area contributed by atoms with E-state index in [0.717, 1.165) is 23.7 Å². The van der Waals surface area contributed by atoms with Crippen LogP contribution in [0.5, 0.6) is 0 Å². The molecule has 2 fully saturated rings. The highest BCUT2D eigenvalue weighted by molar-refractivity contribution is 4.96. The molecule has 0 saturated heterocycles. The van der Waals surface area contributed by atoms with Crippen molar-refractivity contribution >= 4 is 0 Å². The third-order valence-electron chi connectivity index (χ3n) is 6.26. The Morgan fingerprint density at radius 2 is 1.78 bits per heavy atom. The van der Waals surface area contributed by atoms with Crippen molar-refractivity contribution in [2.45, 2.75) is 84.1 Å². The van der Waals surface area contributed by atoms with Gasteiger partial charge >= 0.3 is 0 Å². The molecule has 5 atom stereocenters. The van der Waals surface area contributed by atoms with Gasteiger partial charge in [-0.1, -0.05) is 46.5 Å². The molecule has 1 heteroatoms. The first-order chi connectivity index (χ1) is 8.55. The summed E-state index contributed by atoms with van der Waals surface area (Å²) in [6.45, 7) is 7.20. The molecule has 2 rings (SSSR count). The molecule has 2 aliphatic rings. The lowest BCUT2D eigenvalue weighted by atomic mass is 9.66. The molecule has 0 radical (unpaired) electrons. The summed E-state index contributed by atoms with van der Waals surface area (Å²) in [6, 6.07) is 0. The van der Waals surface area contributed by atoms with E-state index in [4.69, 9.17) is 5.73 Å². The van der Waals surface area contributed by atoms with Gasteiger partial charge in [0.2, 0.25) is 0 Å². The van der Waals surface area contributed by atoms with Crippen molar-refractivity contribution in [3.63, 3.8) is 0 Å². The average molecular weight is 251 g/mol. The maximum atomic E-state index is 6.86. The zero-order chi connectivity index (χ0) is 13.2. The second kappa shape index (κ2) is 5.94. The Morgan fingerprint density at radius 1 is 1.00 bits per heavy atom. The summed E-state index contributed by atoms with van der Waals surface area (Å²) in [7, 11) is 0. The molecular formula is C17H33N. The molecule has 2 N–H and O–H groups in total. The molecule has 1 nitrogen and oxygen atoms in total. The van der Waals surface area contributed by atoms with Crippen molar-refractivity contribution in [1.82, 2.24) is 0 Å². The van der Waals surface area contributed by atoms with Gasteiger partial charge in [0, 0.05) is 5.54 Å². The van der Waals surface area contributed by atoms with Crippen LogP contribution in [-0.2, 0) is 0 Å². The van der Waals surface area contributed by atoms with Crippen molar-refractivity contribution in [3.05, 3.63) is 0 Å². The smallest absolute Gasteiger partial charge is 0.0183 e. The molecule has 106 valence electrons. The lowest BCUT2D eigenvalue weighted by Crippen LogP contribution is -2.49. The van der Waals surface area contributed by atoms with Gasteiger partial charge in [0.05, 0.1) is 0 Å². The van der Waals surface area contributed by atoms with E-state index in [0.29, 0.717) is 0 Å². The lowest BCUT2D eigenvalue weighted by molar-refractivity contribution is 0.120. The summed E-state index contributed by atoms with van der Waals surface area (Å²) in [5, 5.41) is 0. The summed E-state index contributed by atoms with van der Waals surface area (Å²) in [4.78, 5) is 0. The molecular weight excluding hydrogens is 218 g/mol. The van der Waals surface area contributed by atoms with Crippen LogP contribution in [0.1, 0.15) is 78.6 Å². The molecule has 0 heterocycles. The van der Waals surface area contributed by atoms with Gasteiger partial charge in [0.1, 0.15) is 0 Å². The fourth-order valence-electron chi connectivity index (χ4n) is 4.35. The third-order valence-corrected chi connectivity index (χ3v) is 6.26. The SMILES string of the molecule is CCC1CCCC(N)(C2CCC(C)C(C)C2)CC1. The van der Waals surface area contributed by atoms with E-state index in [9.17, 15) is 0 Å². The maximum Gasteiger partial charge on any atom is 0.0183 e. The van der Waals surface area contributed by atoms with E-state index in [1.165, 1.54) is 57.8 Å². The Kier molecular flexibility index (Phi) is 4.75. The highest BCUT2D eigenvalue weighted by Gasteiger charge is 2.39. The first kappa shape index (κ1) is 14.4. The monoisotopic (exact) mass is 251 g/mol. The van der Waals surface area contributed by atoms with Crippen molar-refractivity contribution in [3.8, 4) is 0 Å². The zero-order valence-electron chi connectivity index (χ0n) is 12.8. The Hall–Kier alpha value is -0.0400. The molecule has 0 aromatic rings. The summed E-state index contributed by atoms with van der Waals surface area (Å²) in [5.41, 5.74) is 7.04. The Bertz CT molecular complexity index is 262. The quantitative estimate of drug-likeness (QED) is 0.704. The number of rotatable bonds is 2. The van der Waals surface area contributed by atoms with Crippen molar-refractivity contribution < 1.29 is 0 Å². The minimum absolute atomic E-state index is 0.179. The highest BCUT2D eigenvalue weighted by atomic mass is 14.8. The van der Waals surface area contributed by atoms with Crippen LogP contribution in [-0.4, -0.2) is 5.54 Å². The molecule has 5 unspecified atom stereocenters. The number of hydrogen-bond donors (Lipinski definition) is 1. The third kappa shape index (κ3) is 3.10. The van der Waals surface area contributed by atoms with E-state index >= 15 is 0 Å². The standard InChI is InChI=1S/C17H33N/c1-4-15-6-5-10-17(18,11-9-15)16-8-7-13(2)14(3)12-16/h13-16H,4-12,18H2,1-3H3. The van der Waals surface area contributed by atoms with Gasteiger partial charge in [-0.15, -0.1) is 0 Å². The summed E-state index contributed by atoms with van der Waals surface area (Å²) in [5.74, 6) is 3.56. The second-order valence-electron chi connectivity index (χ2n) is 7.40. The van der Waals surface area contributed by atoms with Gasteiger partial charge in [-0.25, -0.2) is 0 Å². The van der Waals surface area contributed by atoms with Crippen molar-refractivity contribution in [1.29, 1.82) is 0 Å². The fraction of sp³-hybridized carbons (Fsp3) is 1.00. The van der Waals surface area contributed by atoms with Gasteiger partial charge in [-0.05, 0) is 55.8 Å². The topological polar surface area (TPSA) is 26.0 Å². The fourth-order valence-corrected chi connectivity index (χ4v) is 4.35. The van der Waals surface area contributed by atoms with E-state index in [-0.39, 0.29) is 5.54 Å². The molecule has 2 saturated carbocycles. The Balaban J connectivity index is 1.97. The van der Waals surface area contributed by atoms with Crippen LogP contribution in [0, 0.1) is 23.7 Å². The second-order valence-corrected chi connectivity index (χ2v) is 7.40. The Morgan fingerprint density at radius 3 is 2.44 bits per heavy atom. The predicted molar refractivity (Wildman–Crippen MR) is 79.5 cm³/mol. The van der Waals surface area contributed by atoms with Gasteiger partial charge in [-0.3, -0.25) is 0 Å². The van der Waals surface area contributed by atoms with Gasteiger partial charge < -0.3 is 5.73 Å². The Labute approximate surface area is 114 Å². The predicted octanol–water partition coefficient (Wildman–Crippen LogP) is 4.75. The van der Waals surface area contributed by atoms with E-state index in [1.54, 1.807) is 0 Å². The van der Waals surface area contributed by atoms with Crippen LogP contribution in [0.4, 0.5) is 0 Å². The lowest BCUT2D eigenvalue weighted by Gasteiger charge is -2.43. The van der Waals surface area contributed by atoms with E-state index in [2.05, 4.69) is 20.8 Å². The average Bonchev–Trinajstić information content (AvgIpc) is 2.55. The van der Waals surface area contributed by atoms with Crippen LogP contribution in [0.3, 0.4) is 0 Å². The van der Waals surface area contributed by atoms with E-state index < -0.39 is 0 Å². The van der Waals surface area contributed by atoms with Crippen LogP contribution in [0.25, 0.3) is 0 Å². The van der Waals surface area contributed by atoms with Crippen molar-refractivity contribution in [2.24, 2.45) is 29.4 Å². The zero-order valence-corrected chi connectivity index (χ0v) is 12.8. The molecule has 18 heavy (non-hydrogen) atoms. The first-order valence-corrected chi connectivity index (χ1v) is 8.34. The van der Waals surface area contributed by atoms with Gasteiger partial charge in [0.15, 0.2) is 0 Å². The molecule has 2 aliphatic carbocycles. The molecule has 0 bridgehead atoms. The molecule has 0 aliphatic heterocycles. The highest BCUT2D eigenvalue weighted by Crippen LogP contribution is 2.43.